The second-order valence-corrected chi connectivity index (χ2v) is 12.2. The van der Waals surface area contributed by atoms with E-state index >= 15 is 0 Å². The van der Waals surface area contributed by atoms with E-state index in [1.807, 2.05) is 11.8 Å². The topological polar surface area (TPSA) is 146 Å². The smallest absolute Gasteiger partial charge is 0.337 e. The number of benzene rings is 1. The van der Waals surface area contributed by atoms with Gasteiger partial charge in [-0.05, 0) is 63.6 Å². The lowest BCUT2D eigenvalue weighted by Gasteiger charge is -2.40. The summed E-state index contributed by atoms with van der Waals surface area (Å²) in [5, 5.41) is 27.2. The van der Waals surface area contributed by atoms with Crippen molar-refractivity contribution in [1.29, 1.82) is 0 Å². The number of aliphatic carboxylic acids is 1. The molecule has 1 aromatic carbocycles. The predicted octanol–water partition coefficient (Wildman–Crippen LogP) is 3.26. The molecular formula is C30H38FN5O6. The Morgan fingerprint density at radius 2 is 1.81 bits per heavy atom. The van der Waals surface area contributed by atoms with Crippen LogP contribution in [0.25, 0.3) is 5.65 Å². The highest BCUT2D eigenvalue weighted by Crippen LogP contribution is 2.38. The molecule has 0 saturated carbocycles. The number of fused-ring (bicyclic) bond motifs is 1. The van der Waals surface area contributed by atoms with Crippen LogP contribution in [0.4, 0.5) is 10.2 Å². The molecule has 1 atom stereocenters. The molecule has 3 N–H and O–H groups in total. The maximum Gasteiger partial charge on any atom is 0.337 e. The van der Waals surface area contributed by atoms with E-state index in [4.69, 9.17) is 4.74 Å². The fourth-order valence-corrected chi connectivity index (χ4v) is 5.00. The molecule has 1 aliphatic rings. The highest BCUT2D eigenvalue weighted by molar-refractivity contribution is 5.96. The number of carbonyl (C=O) groups is 3. The number of carboxylic acids is 1. The fraction of sp³-hybridized carbons (Fsp3) is 0.500. The van der Waals surface area contributed by atoms with Crippen LogP contribution in [-0.4, -0.2) is 74.3 Å². The molecule has 0 radical (unpaired) electrons. The Labute approximate surface area is 243 Å². The van der Waals surface area contributed by atoms with Crippen molar-refractivity contribution in [2.75, 3.05) is 31.1 Å². The average Bonchev–Trinajstić information content (AvgIpc) is 3.35. The fourth-order valence-electron chi connectivity index (χ4n) is 5.00. The first-order valence-corrected chi connectivity index (χ1v) is 13.9. The van der Waals surface area contributed by atoms with Gasteiger partial charge in [-0.1, -0.05) is 19.1 Å². The third kappa shape index (κ3) is 7.11. The molecule has 0 spiro atoms. The first-order valence-electron chi connectivity index (χ1n) is 13.9. The Bertz CT molecular complexity index is 1470. The number of ketones is 1. The Hall–Kier alpha value is -3.90. The number of rotatable bonds is 10. The van der Waals surface area contributed by atoms with Gasteiger partial charge in [-0.3, -0.25) is 9.59 Å². The number of hydrogen-bond donors (Lipinski definition) is 3. The van der Waals surface area contributed by atoms with Gasteiger partial charge in [0, 0.05) is 37.9 Å². The Kier molecular flexibility index (Phi) is 8.98. The third-order valence-corrected chi connectivity index (χ3v) is 7.41. The summed E-state index contributed by atoms with van der Waals surface area (Å²) in [5.41, 5.74) is 0.689. The van der Waals surface area contributed by atoms with E-state index in [2.05, 4.69) is 15.4 Å². The molecule has 4 rings (SSSR count). The molecule has 11 nitrogen and oxygen atoms in total. The van der Waals surface area contributed by atoms with Crippen molar-refractivity contribution in [2.45, 2.75) is 65.6 Å². The number of carbonyl (C=O) groups excluding carboxylic acids is 2. The van der Waals surface area contributed by atoms with E-state index in [-0.39, 0.29) is 36.5 Å². The lowest BCUT2D eigenvalue weighted by Crippen LogP contribution is -2.42. The van der Waals surface area contributed by atoms with Crippen molar-refractivity contribution < 1.29 is 33.7 Å². The summed E-state index contributed by atoms with van der Waals surface area (Å²) in [6, 6.07) is 7.06. The van der Waals surface area contributed by atoms with E-state index in [9.17, 15) is 29.0 Å². The maximum absolute atomic E-state index is 13.2. The Morgan fingerprint density at radius 1 is 1.17 bits per heavy atom. The molecule has 42 heavy (non-hydrogen) atoms. The standard InChI is InChI=1S/C30H38FN5O6/c1-18-24(25(28(40)41)42-29(2,3)4)27(35-12-10-30(5,17-37)11-13-35)36-23(33-18)15-22(34-36)26(39)32-16-21(38)14-19-6-8-20(31)9-7-19/h6-9,15,25,37H,10-14,16-17H2,1-5H3,(H,32,39)(H,40,41). The first kappa shape index (κ1) is 31.0. The number of aliphatic hydroxyl groups excluding tert-OH is 1. The number of aryl methyl sites for hydroxylation is 1. The van der Waals surface area contributed by atoms with Gasteiger partial charge in [-0.25, -0.2) is 14.2 Å². The number of aromatic nitrogens is 3. The zero-order valence-electron chi connectivity index (χ0n) is 24.6. The van der Waals surface area contributed by atoms with Crippen LogP contribution in [0.5, 0.6) is 0 Å². The van der Waals surface area contributed by atoms with Gasteiger partial charge < -0.3 is 25.2 Å². The minimum Gasteiger partial charge on any atom is -0.479 e. The summed E-state index contributed by atoms with van der Waals surface area (Å²) in [6.45, 7) is 9.84. The van der Waals surface area contributed by atoms with Gasteiger partial charge in [0.15, 0.2) is 23.2 Å². The Morgan fingerprint density at radius 3 is 2.38 bits per heavy atom. The average molecular weight is 584 g/mol. The second kappa shape index (κ2) is 12.1. The van der Waals surface area contributed by atoms with Crippen molar-refractivity contribution in [3.8, 4) is 0 Å². The molecule has 1 aliphatic heterocycles. The molecule has 1 fully saturated rings. The lowest BCUT2D eigenvalue weighted by atomic mass is 9.81. The molecule has 1 unspecified atom stereocenters. The van der Waals surface area contributed by atoms with Gasteiger partial charge >= 0.3 is 5.97 Å². The first-order chi connectivity index (χ1) is 19.7. The quantitative estimate of drug-likeness (QED) is 0.327. The number of ether oxygens (including phenoxy) is 1. The van der Waals surface area contributed by atoms with E-state index < -0.39 is 29.4 Å². The number of amides is 1. The highest BCUT2D eigenvalue weighted by Gasteiger charge is 2.37. The third-order valence-electron chi connectivity index (χ3n) is 7.41. The minimum atomic E-state index is -1.35. The largest absolute Gasteiger partial charge is 0.479 e. The molecule has 2 aromatic heterocycles. The summed E-state index contributed by atoms with van der Waals surface area (Å²) < 4.78 is 20.6. The SMILES string of the molecule is Cc1nc2cc(C(=O)NCC(=O)Cc3ccc(F)cc3)nn2c(N2CCC(C)(CO)CC2)c1C(OC(C)(C)C)C(=O)O. The molecule has 1 saturated heterocycles. The van der Waals surface area contributed by atoms with Crippen LogP contribution in [0.2, 0.25) is 0 Å². The number of anilines is 1. The van der Waals surface area contributed by atoms with Gasteiger partial charge in [0.05, 0.1) is 17.7 Å². The van der Waals surface area contributed by atoms with Crippen LogP contribution in [0, 0.1) is 18.2 Å². The van der Waals surface area contributed by atoms with Gasteiger partial charge in [0.2, 0.25) is 0 Å². The van der Waals surface area contributed by atoms with Crippen LogP contribution in [-0.2, 0) is 20.7 Å². The number of nitrogens with one attached hydrogen (secondary N) is 1. The van der Waals surface area contributed by atoms with Crippen LogP contribution in [0.3, 0.4) is 0 Å². The van der Waals surface area contributed by atoms with Gasteiger partial charge in [0.25, 0.3) is 5.91 Å². The summed E-state index contributed by atoms with van der Waals surface area (Å²) in [5.74, 6) is -1.98. The van der Waals surface area contributed by atoms with Crippen molar-refractivity contribution >= 4 is 29.1 Å². The summed E-state index contributed by atoms with van der Waals surface area (Å²) in [4.78, 5) is 44.6. The van der Waals surface area contributed by atoms with Gasteiger partial charge in [-0.15, -0.1) is 0 Å². The number of carboxylic acid groups (broad SMARTS) is 1. The molecule has 0 bridgehead atoms. The van der Waals surface area contributed by atoms with E-state index in [1.165, 1.54) is 34.8 Å². The predicted molar refractivity (Wildman–Crippen MR) is 153 cm³/mol. The van der Waals surface area contributed by atoms with Gasteiger partial charge in [0.1, 0.15) is 11.6 Å². The second-order valence-electron chi connectivity index (χ2n) is 12.2. The van der Waals surface area contributed by atoms with Crippen LogP contribution < -0.4 is 10.2 Å². The minimum absolute atomic E-state index is 0.00991. The maximum atomic E-state index is 13.2. The van der Waals surface area contributed by atoms with Crippen molar-refractivity contribution in [3.05, 3.63) is 58.7 Å². The molecule has 3 aromatic rings. The number of hydrogen-bond acceptors (Lipinski definition) is 8. The number of Topliss-reactive ketones (excluding diaryl/α,β-unsaturated/α-hetero) is 1. The van der Waals surface area contributed by atoms with E-state index in [1.54, 1.807) is 27.7 Å². The molecule has 12 heteroatoms. The van der Waals surface area contributed by atoms with Crippen molar-refractivity contribution in [1.82, 2.24) is 19.9 Å². The van der Waals surface area contributed by atoms with Crippen molar-refractivity contribution in [3.63, 3.8) is 0 Å². The summed E-state index contributed by atoms with van der Waals surface area (Å²) in [6.07, 6.45) is 0.00297. The number of halogens is 1. The molecular weight excluding hydrogens is 545 g/mol. The van der Waals surface area contributed by atoms with Crippen LogP contribution in [0.15, 0.2) is 30.3 Å². The number of aliphatic hydroxyl groups is 1. The lowest BCUT2D eigenvalue weighted by molar-refractivity contribution is -0.160. The Balaban J connectivity index is 1.68. The van der Waals surface area contributed by atoms with E-state index in [0.717, 1.165) is 0 Å². The highest BCUT2D eigenvalue weighted by atomic mass is 19.1. The van der Waals surface area contributed by atoms with Crippen LogP contribution in [0.1, 0.15) is 73.9 Å². The molecule has 226 valence electrons. The van der Waals surface area contributed by atoms with Crippen molar-refractivity contribution in [2.24, 2.45) is 5.41 Å². The summed E-state index contributed by atoms with van der Waals surface area (Å²) in [7, 11) is 0. The van der Waals surface area contributed by atoms with Crippen LogP contribution >= 0.6 is 0 Å². The zero-order valence-corrected chi connectivity index (χ0v) is 24.6. The molecule has 3 heterocycles. The zero-order chi connectivity index (χ0) is 30.8. The molecule has 0 aliphatic carbocycles. The monoisotopic (exact) mass is 583 g/mol. The number of nitrogens with zero attached hydrogens (tertiary/aromatic N) is 4. The molecule has 1 amide bonds. The normalized spacial score (nSPS) is 15.9. The van der Waals surface area contributed by atoms with E-state index in [0.29, 0.717) is 54.2 Å². The number of piperidine rings is 1. The summed E-state index contributed by atoms with van der Waals surface area (Å²) >= 11 is 0. The van der Waals surface area contributed by atoms with Gasteiger partial charge in [-0.2, -0.15) is 9.61 Å².